The number of benzene rings is 1. The van der Waals surface area contributed by atoms with Crippen LogP contribution in [0.15, 0.2) is 16.6 Å². The first-order chi connectivity index (χ1) is 6.56. The second-order valence-corrected chi connectivity index (χ2v) is 4.14. The van der Waals surface area contributed by atoms with Gasteiger partial charge in [-0.15, -0.1) is 0 Å². The van der Waals surface area contributed by atoms with Crippen LogP contribution in [0.25, 0.3) is 0 Å². The summed E-state index contributed by atoms with van der Waals surface area (Å²) in [4.78, 5) is 11.4. The number of ether oxygens (including phenoxy) is 1. The van der Waals surface area contributed by atoms with E-state index in [0.717, 1.165) is 0 Å². The Morgan fingerprint density at radius 3 is 2.57 bits per heavy atom. The van der Waals surface area contributed by atoms with E-state index in [2.05, 4.69) is 15.9 Å². The van der Waals surface area contributed by atoms with Crippen molar-refractivity contribution in [1.82, 2.24) is 0 Å². The zero-order chi connectivity index (χ0) is 10.7. The Bertz CT molecular complexity index is 366. The van der Waals surface area contributed by atoms with Crippen LogP contribution in [0, 0.1) is 0 Å². The van der Waals surface area contributed by atoms with E-state index in [1.807, 2.05) is 0 Å². The lowest BCUT2D eigenvalue weighted by Crippen LogP contribution is -2.05. The highest BCUT2D eigenvalue weighted by atomic mass is 79.9. The molecular weight excluding hydrogens is 291 g/mol. The minimum atomic E-state index is -0.419. The summed E-state index contributed by atoms with van der Waals surface area (Å²) in [5.41, 5.74) is 0.376. The van der Waals surface area contributed by atoms with Crippen LogP contribution in [0.3, 0.4) is 0 Å². The largest absolute Gasteiger partial charge is 0.462 e. The summed E-state index contributed by atoms with van der Waals surface area (Å²) in [6.45, 7) is 2.06. The van der Waals surface area contributed by atoms with E-state index in [1.54, 1.807) is 13.0 Å². The smallest absolute Gasteiger partial charge is 0.339 e. The topological polar surface area (TPSA) is 26.3 Å². The highest BCUT2D eigenvalue weighted by molar-refractivity contribution is 9.10. The number of hydrogen-bond acceptors (Lipinski definition) is 2. The molecule has 0 aliphatic carbocycles. The molecule has 0 saturated heterocycles. The first-order valence-corrected chi connectivity index (χ1v) is 5.42. The van der Waals surface area contributed by atoms with Crippen LogP contribution in [0.2, 0.25) is 10.0 Å². The molecule has 0 amide bonds. The van der Waals surface area contributed by atoms with Crippen molar-refractivity contribution in [3.8, 4) is 0 Å². The van der Waals surface area contributed by atoms with Gasteiger partial charge >= 0.3 is 5.97 Å². The molecular formula is C9H7BrCl2O2. The van der Waals surface area contributed by atoms with E-state index in [4.69, 9.17) is 27.9 Å². The lowest BCUT2D eigenvalue weighted by Gasteiger charge is -2.05. The van der Waals surface area contributed by atoms with Gasteiger partial charge in [-0.1, -0.05) is 23.2 Å². The van der Waals surface area contributed by atoms with Crippen LogP contribution in [0.1, 0.15) is 17.3 Å². The van der Waals surface area contributed by atoms with Gasteiger partial charge in [0.1, 0.15) is 0 Å². The van der Waals surface area contributed by atoms with E-state index in [0.29, 0.717) is 26.7 Å². The van der Waals surface area contributed by atoms with Gasteiger partial charge in [0.2, 0.25) is 0 Å². The Kier molecular flexibility index (Phi) is 4.23. The number of halogens is 3. The van der Waals surface area contributed by atoms with Gasteiger partial charge in [0.05, 0.1) is 22.2 Å². The number of carbonyl (C=O) groups is 1. The molecule has 0 bridgehead atoms. The quantitative estimate of drug-likeness (QED) is 0.611. The average molecular weight is 298 g/mol. The van der Waals surface area contributed by atoms with Gasteiger partial charge in [-0.2, -0.15) is 0 Å². The van der Waals surface area contributed by atoms with E-state index >= 15 is 0 Å². The summed E-state index contributed by atoms with van der Waals surface area (Å²) in [5, 5.41) is 0.726. The highest BCUT2D eigenvalue weighted by Gasteiger charge is 2.13. The van der Waals surface area contributed by atoms with Crippen molar-refractivity contribution in [3.05, 3.63) is 32.2 Å². The molecule has 0 aromatic heterocycles. The predicted molar refractivity (Wildman–Crippen MR) is 60.1 cm³/mol. The fourth-order valence-corrected chi connectivity index (χ4v) is 1.85. The Labute approximate surface area is 100 Å². The first-order valence-electron chi connectivity index (χ1n) is 3.88. The molecule has 76 valence electrons. The van der Waals surface area contributed by atoms with Gasteiger partial charge in [0.15, 0.2) is 0 Å². The molecule has 0 radical (unpaired) electrons. The van der Waals surface area contributed by atoms with Gasteiger partial charge in [-0.05, 0) is 35.0 Å². The molecule has 2 nitrogen and oxygen atoms in total. The van der Waals surface area contributed by atoms with Crippen LogP contribution in [0.4, 0.5) is 0 Å². The zero-order valence-electron chi connectivity index (χ0n) is 7.31. The van der Waals surface area contributed by atoms with Crippen LogP contribution in [-0.2, 0) is 4.74 Å². The molecule has 1 aromatic carbocycles. The number of carbonyl (C=O) groups excluding carboxylic acids is 1. The Morgan fingerprint density at radius 2 is 2.00 bits per heavy atom. The van der Waals surface area contributed by atoms with Gasteiger partial charge < -0.3 is 4.74 Å². The minimum Gasteiger partial charge on any atom is -0.462 e. The SMILES string of the molecule is CCOC(=O)c1cc(Cl)c(Cl)cc1Br. The van der Waals surface area contributed by atoms with Crippen molar-refractivity contribution in [2.45, 2.75) is 6.92 Å². The number of hydrogen-bond donors (Lipinski definition) is 0. The van der Waals surface area contributed by atoms with Crippen molar-refractivity contribution in [1.29, 1.82) is 0 Å². The average Bonchev–Trinajstić information content (AvgIpc) is 2.11. The fourth-order valence-electron chi connectivity index (χ4n) is 0.888. The molecule has 0 aliphatic rings. The van der Waals surface area contributed by atoms with Crippen molar-refractivity contribution >= 4 is 45.1 Å². The summed E-state index contributed by atoms with van der Waals surface area (Å²) in [5.74, 6) is -0.419. The van der Waals surface area contributed by atoms with Crippen LogP contribution < -0.4 is 0 Å². The van der Waals surface area contributed by atoms with E-state index in [9.17, 15) is 4.79 Å². The van der Waals surface area contributed by atoms with Crippen LogP contribution in [-0.4, -0.2) is 12.6 Å². The summed E-state index contributed by atoms with van der Waals surface area (Å²) in [6.07, 6.45) is 0. The van der Waals surface area contributed by atoms with Gasteiger partial charge in [0.25, 0.3) is 0 Å². The third-order valence-electron chi connectivity index (χ3n) is 1.51. The molecule has 0 unspecified atom stereocenters. The lowest BCUT2D eigenvalue weighted by atomic mass is 10.2. The van der Waals surface area contributed by atoms with Crippen molar-refractivity contribution < 1.29 is 9.53 Å². The molecule has 14 heavy (non-hydrogen) atoms. The molecule has 0 saturated carbocycles. The maximum absolute atomic E-state index is 11.4. The summed E-state index contributed by atoms with van der Waals surface area (Å²) >= 11 is 14.7. The number of rotatable bonds is 2. The van der Waals surface area contributed by atoms with Crippen molar-refractivity contribution in [2.24, 2.45) is 0 Å². The van der Waals surface area contributed by atoms with E-state index in [1.165, 1.54) is 6.07 Å². The molecule has 0 atom stereocenters. The molecule has 1 rings (SSSR count). The van der Waals surface area contributed by atoms with E-state index in [-0.39, 0.29) is 0 Å². The molecule has 1 aromatic rings. The molecule has 5 heteroatoms. The molecule has 0 fully saturated rings. The third-order valence-corrected chi connectivity index (χ3v) is 2.88. The highest BCUT2D eigenvalue weighted by Crippen LogP contribution is 2.29. The van der Waals surface area contributed by atoms with Gasteiger partial charge in [-0.25, -0.2) is 4.79 Å². The van der Waals surface area contributed by atoms with Crippen molar-refractivity contribution in [2.75, 3.05) is 6.61 Å². The molecule has 0 spiro atoms. The monoisotopic (exact) mass is 296 g/mol. The number of esters is 1. The van der Waals surface area contributed by atoms with E-state index < -0.39 is 5.97 Å². The third kappa shape index (κ3) is 2.62. The van der Waals surface area contributed by atoms with Gasteiger partial charge in [0, 0.05) is 4.47 Å². The zero-order valence-corrected chi connectivity index (χ0v) is 10.4. The Balaban J connectivity index is 3.09. The molecule has 0 heterocycles. The van der Waals surface area contributed by atoms with Crippen LogP contribution in [0.5, 0.6) is 0 Å². The Hall–Kier alpha value is -0.250. The summed E-state index contributed by atoms with van der Waals surface area (Å²) in [6, 6.07) is 3.04. The van der Waals surface area contributed by atoms with Gasteiger partial charge in [-0.3, -0.25) is 0 Å². The first kappa shape index (κ1) is 11.8. The summed E-state index contributed by atoms with van der Waals surface area (Å²) in [7, 11) is 0. The maximum atomic E-state index is 11.4. The summed E-state index contributed by atoms with van der Waals surface area (Å²) < 4.78 is 5.41. The van der Waals surface area contributed by atoms with Crippen LogP contribution >= 0.6 is 39.1 Å². The normalized spacial score (nSPS) is 10.0. The fraction of sp³-hybridized carbons (Fsp3) is 0.222. The standard InChI is InChI=1S/C9H7BrCl2O2/c1-2-14-9(13)5-3-7(11)8(12)4-6(5)10/h3-4H,2H2,1H3. The molecule has 0 N–H and O–H groups in total. The predicted octanol–water partition coefficient (Wildman–Crippen LogP) is 3.93. The molecule has 0 aliphatic heterocycles. The second-order valence-electron chi connectivity index (χ2n) is 2.47. The lowest BCUT2D eigenvalue weighted by molar-refractivity contribution is 0.0525. The second kappa shape index (κ2) is 5.01. The Morgan fingerprint density at radius 1 is 1.43 bits per heavy atom. The maximum Gasteiger partial charge on any atom is 0.339 e. The van der Waals surface area contributed by atoms with Crippen molar-refractivity contribution in [3.63, 3.8) is 0 Å². The minimum absolute atomic E-state index is 0.325.